The summed E-state index contributed by atoms with van der Waals surface area (Å²) in [6, 6.07) is 0. The summed E-state index contributed by atoms with van der Waals surface area (Å²) in [7, 11) is 0. The first-order valence-corrected chi connectivity index (χ1v) is 8.00. The van der Waals surface area contributed by atoms with Crippen molar-refractivity contribution < 1.29 is 0 Å². The molecule has 1 fully saturated rings. The zero-order valence-corrected chi connectivity index (χ0v) is 12.9. The van der Waals surface area contributed by atoms with E-state index < -0.39 is 0 Å². The number of hydrogen-bond acceptors (Lipinski definition) is 2. The van der Waals surface area contributed by atoms with Crippen LogP contribution in [0.15, 0.2) is 0 Å². The van der Waals surface area contributed by atoms with E-state index in [2.05, 4.69) is 25.7 Å². The molecule has 18 heavy (non-hydrogen) atoms. The molecule has 0 aliphatic carbocycles. The van der Waals surface area contributed by atoms with E-state index >= 15 is 0 Å². The maximum atomic E-state index is 5.79. The Balaban J connectivity index is 2.19. The predicted octanol–water partition coefficient (Wildman–Crippen LogP) is 3.65. The van der Waals surface area contributed by atoms with Crippen molar-refractivity contribution in [2.75, 3.05) is 26.2 Å². The highest BCUT2D eigenvalue weighted by atomic mass is 15.1. The second kappa shape index (κ2) is 8.16. The second-order valence-corrected chi connectivity index (χ2v) is 6.90. The standard InChI is InChI=1S/C16H34N2/c1-4-7-15-8-5-11-18(13-9-15)12-6-10-16(2,3)14-17/h15H,4-14,17H2,1-3H3. The van der Waals surface area contributed by atoms with Crippen molar-refractivity contribution in [2.45, 2.75) is 65.7 Å². The van der Waals surface area contributed by atoms with E-state index in [1.54, 1.807) is 0 Å². The van der Waals surface area contributed by atoms with Crippen LogP contribution < -0.4 is 5.73 Å². The van der Waals surface area contributed by atoms with E-state index in [0.717, 1.165) is 12.5 Å². The van der Waals surface area contributed by atoms with Crippen LogP contribution >= 0.6 is 0 Å². The summed E-state index contributed by atoms with van der Waals surface area (Å²) in [6.45, 7) is 11.6. The lowest BCUT2D eigenvalue weighted by atomic mass is 9.88. The van der Waals surface area contributed by atoms with Crippen molar-refractivity contribution >= 4 is 0 Å². The zero-order valence-electron chi connectivity index (χ0n) is 12.9. The monoisotopic (exact) mass is 254 g/mol. The lowest BCUT2D eigenvalue weighted by Gasteiger charge is -2.25. The minimum absolute atomic E-state index is 0.330. The van der Waals surface area contributed by atoms with Crippen molar-refractivity contribution in [3.8, 4) is 0 Å². The minimum atomic E-state index is 0.330. The van der Waals surface area contributed by atoms with Gasteiger partial charge in [0.15, 0.2) is 0 Å². The molecule has 0 saturated carbocycles. The first kappa shape index (κ1) is 16.0. The van der Waals surface area contributed by atoms with Crippen LogP contribution in [0.1, 0.15) is 65.7 Å². The quantitative estimate of drug-likeness (QED) is 0.751. The van der Waals surface area contributed by atoms with Gasteiger partial charge in [-0.05, 0) is 69.6 Å². The van der Waals surface area contributed by atoms with E-state index in [9.17, 15) is 0 Å². The fraction of sp³-hybridized carbons (Fsp3) is 1.00. The summed E-state index contributed by atoms with van der Waals surface area (Å²) < 4.78 is 0. The van der Waals surface area contributed by atoms with E-state index in [0.29, 0.717) is 5.41 Å². The summed E-state index contributed by atoms with van der Waals surface area (Å²) in [5.74, 6) is 1.00. The highest BCUT2D eigenvalue weighted by Crippen LogP contribution is 2.24. The Morgan fingerprint density at radius 1 is 1.22 bits per heavy atom. The molecule has 0 radical (unpaired) electrons. The number of nitrogens with zero attached hydrogens (tertiary/aromatic N) is 1. The van der Waals surface area contributed by atoms with Gasteiger partial charge >= 0.3 is 0 Å². The summed E-state index contributed by atoms with van der Waals surface area (Å²) >= 11 is 0. The molecule has 108 valence electrons. The molecule has 1 atom stereocenters. The second-order valence-electron chi connectivity index (χ2n) is 6.90. The Bertz CT molecular complexity index is 213. The number of nitrogens with two attached hydrogens (primary N) is 1. The molecule has 1 heterocycles. The van der Waals surface area contributed by atoms with Crippen LogP contribution in [0, 0.1) is 11.3 Å². The van der Waals surface area contributed by atoms with E-state index in [1.807, 2.05) is 0 Å². The summed E-state index contributed by atoms with van der Waals surface area (Å²) in [5.41, 5.74) is 6.12. The van der Waals surface area contributed by atoms with Gasteiger partial charge in [0, 0.05) is 0 Å². The van der Waals surface area contributed by atoms with Crippen LogP contribution in [-0.2, 0) is 0 Å². The SMILES string of the molecule is CCCC1CCCN(CCCC(C)(C)CN)CC1. The molecule has 0 aromatic rings. The van der Waals surface area contributed by atoms with Gasteiger partial charge in [-0.15, -0.1) is 0 Å². The van der Waals surface area contributed by atoms with Crippen molar-refractivity contribution in [1.29, 1.82) is 0 Å². The zero-order chi connectivity index (χ0) is 13.4. The third-order valence-electron chi connectivity index (χ3n) is 4.52. The Morgan fingerprint density at radius 2 is 2.00 bits per heavy atom. The lowest BCUT2D eigenvalue weighted by Crippen LogP contribution is -2.29. The van der Waals surface area contributed by atoms with Crippen LogP contribution in [-0.4, -0.2) is 31.1 Å². The fourth-order valence-electron chi connectivity index (χ4n) is 3.03. The Labute approximate surface area is 114 Å². The van der Waals surface area contributed by atoms with Crippen molar-refractivity contribution in [3.63, 3.8) is 0 Å². The number of rotatable bonds is 7. The normalized spacial score (nSPS) is 23.0. The molecule has 0 amide bonds. The molecule has 1 unspecified atom stereocenters. The first-order chi connectivity index (χ1) is 8.57. The molecule has 0 spiro atoms. The van der Waals surface area contributed by atoms with Crippen molar-refractivity contribution in [2.24, 2.45) is 17.1 Å². The highest BCUT2D eigenvalue weighted by molar-refractivity contribution is 4.73. The van der Waals surface area contributed by atoms with Crippen molar-refractivity contribution in [1.82, 2.24) is 4.90 Å². The molecule has 1 rings (SSSR count). The van der Waals surface area contributed by atoms with Gasteiger partial charge in [0.05, 0.1) is 0 Å². The molecular weight excluding hydrogens is 220 g/mol. The summed E-state index contributed by atoms with van der Waals surface area (Å²) in [6.07, 6.45) is 9.65. The van der Waals surface area contributed by atoms with Gasteiger partial charge in [-0.3, -0.25) is 0 Å². The van der Waals surface area contributed by atoms with Gasteiger partial charge in [0.25, 0.3) is 0 Å². The van der Waals surface area contributed by atoms with Gasteiger partial charge in [-0.1, -0.05) is 33.6 Å². The molecule has 0 aromatic heterocycles. The van der Waals surface area contributed by atoms with E-state index in [-0.39, 0.29) is 0 Å². The van der Waals surface area contributed by atoms with Crippen LogP contribution in [0.4, 0.5) is 0 Å². The molecule has 1 saturated heterocycles. The molecule has 2 N–H and O–H groups in total. The molecule has 0 bridgehead atoms. The third-order valence-corrected chi connectivity index (χ3v) is 4.52. The molecule has 2 nitrogen and oxygen atoms in total. The topological polar surface area (TPSA) is 29.3 Å². The summed E-state index contributed by atoms with van der Waals surface area (Å²) in [4.78, 5) is 2.68. The lowest BCUT2D eigenvalue weighted by molar-refractivity contribution is 0.247. The van der Waals surface area contributed by atoms with E-state index in [1.165, 1.54) is 64.6 Å². The molecule has 2 heteroatoms. The van der Waals surface area contributed by atoms with Crippen LogP contribution in [0.5, 0.6) is 0 Å². The Hall–Kier alpha value is -0.0800. The molecule has 1 aliphatic rings. The average molecular weight is 254 g/mol. The number of likely N-dealkylation sites (tertiary alicyclic amines) is 1. The van der Waals surface area contributed by atoms with Crippen LogP contribution in [0.25, 0.3) is 0 Å². The average Bonchev–Trinajstić information content (AvgIpc) is 2.56. The maximum Gasteiger partial charge on any atom is -0.00161 e. The van der Waals surface area contributed by atoms with E-state index in [4.69, 9.17) is 5.73 Å². The summed E-state index contributed by atoms with van der Waals surface area (Å²) in [5, 5.41) is 0. The smallest absolute Gasteiger partial charge is 0.00161 e. The minimum Gasteiger partial charge on any atom is -0.330 e. The molecular formula is C16H34N2. The first-order valence-electron chi connectivity index (χ1n) is 8.00. The molecule has 1 aliphatic heterocycles. The van der Waals surface area contributed by atoms with Gasteiger partial charge in [-0.25, -0.2) is 0 Å². The largest absolute Gasteiger partial charge is 0.330 e. The Morgan fingerprint density at radius 3 is 2.67 bits per heavy atom. The van der Waals surface area contributed by atoms with Crippen molar-refractivity contribution in [3.05, 3.63) is 0 Å². The van der Waals surface area contributed by atoms with Gasteiger partial charge in [0.2, 0.25) is 0 Å². The number of hydrogen-bond donors (Lipinski definition) is 1. The van der Waals surface area contributed by atoms with Gasteiger partial charge in [-0.2, -0.15) is 0 Å². The molecule has 0 aromatic carbocycles. The highest BCUT2D eigenvalue weighted by Gasteiger charge is 2.18. The Kier molecular flexibility index (Phi) is 7.25. The third kappa shape index (κ3) is 6.19. The fourth-order valence-corrected chi connectivity index (χ4v) is 3.03. The van der Waals surface area contributed by atoms with Gasteiger partial charge < -0.3 is 10.6 Å². The van der Waals surface area contributed by atoms with Crippen LogP contribution in [0.2, 0.25) is 0 Å². The van der Waals surface area contributed by atoms with Gasteiger partial charge in [0.1, 0.15) is 0 Å². The predicted molar refractivity (Wildman–Crippen MR) is 80.8 cm³/mol. The maximum absolute atomic E-state index is 5.79. The van der Waals surface area contributed by atoms with Crippen LogP contribution in [0.3, 0.4) is 0 Å².